The molecule has 0 aromatic heterocycles. The highest BCUT2D eigenvalue weighted by Gasteiger charge is 2.40. The number of halogens is 3. The Balaban J connectivity index is 1.21. The number of hydrogen-bond acceptors (Lipinski definition) is 6. The van der Waals surface area contributed by atoms with Gasteiger partial charge in [0.05, 0.1) is 18.0 Å². The van der Waals surface area contributed by atoms with Gasteiger partial charge in [0.15, 0.2) is 0 Å². The van der Waals surface area contributed by atoms with Crippen molar-refractivity contribution in [3.05, 3.63) is 71.8 Å². The zero-order valence-corrected chi connectivity index (χ0v) is 19.7. The monoisotopic (exact) mass is 488 g/mol. The van der Waals surface area contributed by atoms with Crippen molar-refractivity contribution in [3.8, 4) is 0 Å². The Morgan fingerprint density at radius 2 is 1.29 bits per heavy atom. The van der Waals surface area contributed by atoms with Gasteiger partial charge in [-0.05, 0) is 42.7 Å². The average Bonchev–Trinajstić information content (AvgIpc) is 3.51. The maximum absolute atomic E-state index is 13.6. The highest BCUT2D eigenvalue weighted by Crippen LogP contribution is 2.38. The molecule has 9 heteroatoms. The molecule has 0 fully saturated rings. The van der Waals surface area contributed by atoms with Crippen molar-refractivity contribution in [2.75, 3.05) is 13.2 Å². The lowest BCUT2D eigenvalue weighted by Crippen LogP contribution is -2.41. The lowest BCUT2D eigenvalue weighted by atomic mass is 9.92. The topological polar surface area (TPSA) is 67.2 Å². The fourth-order valence-electron chi connectivity index (χ4n) is 4.32. The maximum Gasteiger partial charge on any atom is 0.395 e. The van der Waals surface area contributed by atoms with E-state index in [9.17, 15) is 13.2 Å². The smallest absolute Gasteiger partial charge is 0.395 e. The number of ether oxygens (including phenoxy) is 2. The molecule has 35 heavy (non-hydrogen) atoms. The summed E-state index contributed by atoms with van der Waals surface area (Å²) in [7, 11) is 0. The molecule has 0 radical (unpaired) electrons. The third kappa shape index (κ3) is 7.13. The number of hydrazine groups is 1. The first kappa shape index (κ1) is 24.9. The van der Waals surface area contributed by atoms with E-state index in [2.05, 4.69) is 39.9 Å². The molecule has 4 atom stereocenters. The van der Waals surface area contributed by atoms with E-state index >= 15 is 0 Å². The Bertz CT molecular complexity index is 999. The van der Waals surface area contributed by atoms with Crippen molar-refractivity contribution >= 4 is 12.0 Å². The molecule has 0 spiro atoms. The normalized spacial score (nSPS) is 21.4. The highest BCUT2D eigenvalue weighted by molar-refractivity contribution is 5.81. The number of alkyl halides is 3. The molecule has 188 valence electrons. The minimum absolute atomic E-state index is 0.0509. The number of aliphatic imine (C=N–C) groups is 2. The largest absolute Gasteiger partial charge is 0.462 e. The number of amidine groups is 2. The van der Waals surface area contributed by atoms with Crippen LogP contribution in [0, 0.1) is 0 Å². The quantitative estimate of drug-likeness (QED) is 0.495. The number of hydrogen-bond donors (Lipinski definition) is 2. The van der Waals surface area contributed by atoms with Gasteiger partial charge in [0.2, 0.25) is 0 Å². The maximum atomic E-state index is 13.6. The Kier molecular flexibility index (Phi) is 8.15. The third-order valence-electron chi connectivity index (χ3n) is 6.39. The molecule has 4 rings (SSSR count). The molecule has 2 aromatic carbocycles. The SMILES string of the molecule is CC(CC[C@H]1COC(NNC2=NC(CCC(c3ccccc3)C(F)(F)F)CO2)=N1)c1ccccc1. The number of nitrogens with one attached hydrogen (secondary N) is 2. The number of nitrogens with zero attached hydrogens (tertiary/aromatic N) is 2. The predicted octanol–water partition coefficient (Wildman–Crippen LogP) is 5.30. The summed E-state index contributed by atoms with van der Waals surface area (Å²) in [5.74, 6) is -1.07. The van der Waals surface area contributed by atoms with Crippen molar-refractivity contribution in [3.63, 3.8) is 0 Å². The molecule has 0 bridgehead atoms. The van der Waals surface area contributed by atoms with Crippen LogP contribution in [0.3, 0.4) is 0 Å². The second-order valence-electron chi connectivity index (χ2n) is 9.02. The van der Waals surface area contributed by atoms with Crippen LogP contribution in [-0.4, -0.2) is 43.5 Å². The van der Waals surface area contributed by atoms with E-state index in [-0.39, 0.29) is 43.1 Å². The van der Waals surface area contributed by atoms with Gasteiger partial charge in [-0.2, -0.15) is 13.2 Å². The fraction of sp³-hybridized carbons (Fsp3) is 0.462. The van der Waals surface area contributed by atoms with E-state index in [1.807, 2.05) is 18.2 Å². The second kappa shape index (κ2) is 11.5. The average molecular weight is 489 g/mol. The van der Waals surface area contributed by atoms with Crippen LogP contribution < -0.4 is 10.9 Å². The minimum atomic E-state index is -4.31. The van der Waals surface area contributed by atoms with Gasteiger partial charge in [-0.15, -0.1) is 0 Å². The van der Waals surface area contributed by atoms with Crippen molar-refractivity contribution in [2.24, 2.45) is 9.98 Å². The van der Waals surface area contributed by atoms with E-state index in [4.69, 9.17) is 9.47 Å². The minimum Gasteiger partial charge on any atom is -0.462 e. The Morgan fingerprint density at radius 1 is 0.800 bits per heavy atom. The lowest BCUT2D eigenvalue weighted by molar-refractivity contribution is -0.152. The molecular formula is C26H31F3N4O2. The molecule has 2 aliphatic rings. The van der Waals surface area contributed by atoms with Gasteiger partial charge >= 0.3 is 18.2 Å². The molecule has 0 saturated carbocycles. The Labute approximate surface area is 203 Å². The summed E-state index contributed by atoms with van der Waals surface area (Å²) in [6.07, 6.45) is -2.18. The zero-order valence-electron chi connectivity index (χ0n) is 19.7. The van der Waals surface area contributed by atoms with Gasteiger partial charge in [0.25, 0.3) is 0 Å². The summed E-state index contributed by atoms with van der Waals surface area (Å²) < 4.78 is 51.7. The molecule has 6 nitrogen and oxygen atoms in total. The third-order valence-corrected chi connectivity index (χ3v) is 6.39. The first-order chi connectivity index (χ1) is 16.9. The molecule has 3 unspecified atom stereocenters. The molecule has 0 aliphatic carbocycles. The standard InChI is InChI=1S/C26H31F3N4O2/c1-18(19-8-4-2-5-9-19)12-13-21-16-34-24(30-21)32-33-25-31-22(17-35-25)14-15-23(26(27,28)29)20-10-6-3-7-11-20/h2-11,18,21-23H,12-17H2,1H3,(H,30,32)(H,31,33)/t18?,21-,22?,23?/m0/s1. The van der Waals surface area contributed by atoms with Crippen LogP contribution >= 0.6 is 0 Å². The summed E-state index contributed by atoms with van der Waals surface area (Å²) in [6.45, 7) is 2.94. The van der Waals surface area contributed by atoms with E-state index in [0.717, 1.165) is 12.8 Å². The van der Waals surface area contributed by atoms with Gasteiger partial charge in [0.1, 0.15) is 13.2 Å². The number of benzene rings is 2. The highest BCUT2D eigenvalue weighted by atomic mass is 19.4. The van der Waals surface area contributed by atoms with E-state index in [1.54, 1.807) is 18.2 Å². The summed E-state index contributed by atoms with van der Waals surface area (Å²) >= 11 is 0. The summed E-state index contributed by atoms with van der Waals surface area (Å²) in [5, 5.41) is 0. The molecule has 2 aliphatic heterocycles. The van der Waals surface area contributed by atoms with Crippen LogP contribution in [0.25, 0.3) is 0 Å². The lowest BCUT2D eigenvalue weighted by Gasteiger charge is -2.21. The summed E-state index contributed by atoms with van der Waals surface area (Å²) in [5.41, 5.74) is 7.25. The molecule has 2 N–H and O–H groups in total. The van der Waals surface area contributed by atoms with E-state index in [1.165, 1.54) is 17.7 Å². The van der Waals surface area contributed by atoms with Crippen LogP contribution in [0.2, 0.25) is 0 Å². The molecule has 0 amide bonds. The molecule has 2 aromatic rings. The van der Waals surface area contributed by atoms with Gasteiger partial charge in [-0.25, -0.2) is 20.8 Å². The van der Waals surface area contributed by atoms with Crippen LogP contribution in [0.4, 0.5) is 13.2 Å². The summed E-state index contributed by atoms with van der Waals surface area (Å²) in [4.78, 5) is 8.89. The summed E-state index contributed by atoms with van der Waals surface area (Å²) in [6, 6.07) is 18.7. The zero-order chi connectivity index (χ0) is 24.7. The van der Waals surface area contributed by atoms with Crippen LogP contribution in [0.15, 0.2) is 70.6 Å². The number of rotatable bonds is 8. The molecule has 2 heterocycles. The van der Waals surface area contributed by atoms with Crippen LogP contribution in [0.1, 0.15) is 55.6 Å². The molecule has 0 saturated heterocycles. The van der Waals surface area contributed by atoms with Gasteiger partial charge in [0, 0.05) is 0 Å². The van der Waals surface area contributed by atoms with E-state index < -0.39 is 12.1 Å². The second-order valence-corrected chi connectivity index (χ2v) is 9.02. The van der Waals surface area contributed by atoms with E-state index in [0.29, 0.717) is 18.5 Å². The van der Waals surface area contributed by atoms with Crippen molar-refractivity contribution < 1.29 is 22.6 Å². The van der Waals surface area contributed by atoms with Crippen LogP contribution in [0.5, 0.6) is 0 Å². The van der Waals surface area contributed by atoms with Gasteiger partial charge < -0.3 is 9.47 Å². The fourth-order valence-corrected chi connectivity index (χ4v) is 4.32. The van der Waals surface area contributed by atoms with Crippen molar-refractivity contribution in [1.82, 2.24) is 10.9 Å². The Hall–Kier alpha value is -3.23. The Morgan fingerprint density at radius 3 is 1.80 bits per heavy atom. The molecular weight excluding hydrogens is 457 g/mol. The predicted molar refractivity (Wildman–Crippen MR) is 129 cm³/mol. The van der Waals surface area contributed by atoms with Crippen molar-refractivity contribution in [2.45, 2.75) is 62.7 Å². The van der Waals surface area contributed by atoms with Crippen molar-refractivity contribution in [1.29, 1.82) is 0 Å². The van der Waals surface area contributed by atoms with Crippen LogP contribution in [-0.2, 0) is 9.47 Å². The first-order valence-corrected chi connectivity index (χ1v) is 12.0. The van der Waals surface area contributed by atoms with Gasteiger partial charge in [-0.1, -0.05) is 67.6 Å². The first-order valence-electron chi connectivity index (χ1n) is 12.0. The van der Waals surface area contributed by atoms with Gasteiger partial charge in [-0.3, -0.25) is 0 Å².